The van der Waals surface area contributed by atoms with Crippen molar-refractivity contribution in [3.63, 3.8) is 0 Å². The number of allylic oxidation sites excluding steroid dienone is 3. The lowest BCUT2D eigenvalue weighted by atomic mass is 9.68. The van der Waals surface area contributed by atoms with Gasteiger partial charge < -0.3 is 0 Å². The normalized spacial score (nSPS) is 32.7. The van der Waals surface area contributed by atoms with Gasteiger partial charge in [-0.3, -0.25) is 0 Å². The molecule has 196 valence electrons. The maximum absolute atomic E-state index is 3.98. The minimum Gasteiger partial charge on any atom is -0.103 e. The van der Waals surface area contributed by atoms with Gasteiger partial charge in [0.25, 0.3) is 0 Å². The molecule has 0 heteroatoms. The fourth-order valence-electron chi connectivity index (χ4n) is 7.66. The lowest BCUT2D eigenvalue weighted by Gasteiger charge is -2.38. The van der Waals surface area contributed by atoms with E-state index in [-0.39, 0.29) is 0 Å². The van der Waals surface area contributed by atoms with E-state index in [1.165, 1.54) is 109 Å². The van der Waals surface area contributed by atoms with Crippen LogP contribution in [0.15, 0.2) is 24.8 Å². The van der Waals surface area contributed by atoms with Gasteiger partial charge in [-0.05, 0) is 99.7 Å². The van der Waals surface area contributed by atoms with E-state index in [2.05, 4.69) is 31.7 Å². The maximum Gasteiger partial charge on any atom is -0.0233 e. The van der Waals surface area contributed by atoms with Crippen molar-refractivity contribution in [1.29, 1.82) is 0 Å². The third kappa shape index (κ3) is 10.6. The molecule has 0 aromatic heterocycles. The van der Waals surface area contributed by atoms with Crippen molar-refractivity contribution in [1.82, 2.24) is 0 Å². The second kappa shape index (κ2) is 17.0. The Bertz CT molecular complexity index is 520. The van der Waals surface area contributed by atoms with Gasteiger partial charge in [0, 0.05) is 0 Å². The summed E-state index contributed by atoms with van der Waals surface area (Å²) in [5.74, 6) is 5.92. The van der Waals surface area contributed by atoms with Gasteiger partial charge in [-0.15, -0.1) is 6.58 Å². The minimum absolute atomic E-state index is 0.796. The van der Waals surface area contributed by atoms with Crippen LogP contribution in [0.2, 0.25) is 0 Å². The zero-order valence-electron chi connectivity index (χ0n) is 23.2. The second-order valence-corrected chi connectivity index (χ2v) is 12.7. The first-order chi connectivity index (χ1) is 16.8. The van der Waals surface area contributed by atoms with Crippen LogP contribution < -0.4 is 0 Å². The van der Waals surface area contributed by atoms with Gasteiger partial charge in [-0.1, -0.05) is 109 Å². The van der Waals surface area contributed by atoms with Crippen LogP contribution in [0.25, 0.3) is 0 Å². The molecule has 0 aromatic carbocycles. The van der Waals surface area contributed by atoms with Crippen LogP contribution in [0.4, 0.5) is 0 Å². The highest BCUT2D eigenvalue weighted by molar-refractivity contribution is 4.94. The second-order valence-electron chi connectivity index (χ2n) is 12.7. The fourth-order valence-corrected chi connectivity index (χ4v) is 7.66. The Kier molecular flexibility index (Phi) is 14.1. The van der Waals surface area contributed by atoms with Crippen molar-refractivity contribution in [2.24, 2.45) is 35.5 Å². The molecule has 3 aliphatic carbocycles. The zero-order valence-corrected chi connectivity index (χ0v) is 23.2. The summed E-state index contributed by atoms with van der Waals surface area (Å²) in [6, 6.07) is 0. The Morgan fingerprint density at radius 1 is 0.559 bits per heavy atom. The van der Waals surface area contributed by atoms with Crippen LogP contribution in [0.3, 0.4) is 0 Å². The number of hydrogen-bond donors (Lipinski definition) is 0. The molecule has 3 fully saturated rings. The van der Waals surface area contributed by atoms with Crippen molar-refractivity contribution in [3.05, 3.63) is 24.8 Å². The molecule has 0 atom stereocenters. The molecule has 3 saturated carbocycles. The molecule has 0 radical (unpaired) electrons. The summed E-state index contributed by atoms with van der Waals surface area (Å²) in [4.78, 5) is 0. The monoisotopic (exact) mass is 468 g/mol. The number of rotatable bonds is 15. The Labute approximate surface area is 214 Å². The summed E-state index contributed by atoms with van der Waals surface area (Å²) < 4.78 is 0. The highest BCUT2D eigenvalue weighted by Crippen LogP contribution is 2.43. The maximum atomic E-state index is 3.98. The molecule has 0 aromatic rings. The van der Waals surface area contributed by atoms with Gasteiger partial charge in [0.2, 0.25) is 0 Å². The van der Waals surface area contributed by atoms with Gasteiger partial charge in [-0.2, -0.15) is 0 Å². The van der Waals surface area contributed by atoms with E-state index < -0.39 is 0 Å². The molecule has 0 N–H and O–H groups in total. The van der Waals surface area contributed by atoms with Gasteiger partial charge >= 0.3 is 0 Å². The van der Waals surface area contributed by atoms with E-state index in [9.17, 15) is 0 Å². The molecule has 0 spiro atoms. The molecule has 0 aliphatic heterocycles. The average molecular weight is 469 g/mol. The molecule has 0 amide bonds. The first kappa shape index (κ1) is 28.1. The predicted octanol–water partition coefficient (Wildman–Crippen LogP) is 11.5. The largest absolute Gasteiger partial charge is 0.103 e. The van der Waals surface area contributed by atoms with E-state index >= 15 is 0 Å². The Hall–Kier alpha value is -0.520. The van der Waals surface area contributed by atoms with Crippen molar-refractivity contribution in [2.75, 3.05) is 0 Å². The van der Waals surface area contributed by atoms with Crippen LogP contribution >= 0.6 is 0 Å². The summed E-state index contributed by atoms with van der Waals surface area (Å²) in [5.41, 5.74) is 0. The number of hydrogen-bond acceptors (Lipinski definition) is 0. The highest BCUT2D eigenvalue weighted by atomic mass is 14.4. The van der Waals surface area contributed by atoms with E-state index in [4.69, 9.17) is 0 Å². The molecule has 0 heterocycles. The molecule has 0 nitrogen and oxygen atoms in total. The highest BCUT2D eigenvalue weighted by Gasteiger charge is 2.30. The Morgan fingerprint density at radius 2 is 1.06 bits per heavy atom. The first-order valence-electron chi connectivity index (χ1n) is 16.1. The molecule has 3 rings (SSSR count). The van der Waals surface area contributed by atoms with Gasteiger partial charge in [0.1, 0.15) is 0 Å². The molecule has 0 unspecified atom stereocenters. The Balaban J connectivity index is 1.17. The van der Waals surface area contributed by atoms with Crippen LogP contribution in [0.1, 0.15) is 155 Å². The van der Waals surface area contributed by atoms with Crippen molar-refractivity contribution in [3.8, 4) is 0 Å². The molecule has 34 heavy (non-hydrogen) atoms. The van der Waals surface area contributed by atoms with Crippen LogP contribution in [0, 0.1) is 35.5 Å². The van der Waals surface area contributed by atoms with Crippen molar-refractivity contribution < 1.29 is 0 Å². The average Bonchev–Trinajstić information content (AvgIpc) is 2.89. The summed E-state index contributed by atoms with van der Waals surface area (Å²) in [6.45, 7) is 6.30. The molecule has 3 aliphatic rings. The molecule has 0 bridgehead atoms. The van der Waals surface area contributed by atoms with Crippen molar-refractivity contribution >= 4 is 0 Å². The van der Waals surface area contributed by atoms with Crippen LogP contribution in [-0.4, -0.2) is 0 Å². The number of unbranched alkanes of at least 4 members (excludes halogenated alkanes) is 7. The third-order valence-corrected chi connectivity index (χ3v) is 10.2. The smallest absolute Gasteiger partial charge is 0.0233 e. The molecular formula is C34H60. The SMILES string of the molecule is C=C[C@H]1CC[C@H](C=CCC[C@H]2CC[C@H]([C@H]3CC[C@H](CCCCCCCCCC)CC3)CC2)CC1. The van der Waals surface area contributed by atoms with E-state index in [1.54, 1.807) is 38.5 Å². The zero-order chi connectivity index (χ0) is 23.8. The van der Waals surface area contributed by atoms with E-state index in [0.29, 0.717) is 0 Å². The first-order valence-corrected chi connectivity index (χ1v) is 16.1. The fraction of sp³-hybridized carbons (Fsp3) is 0.882. The van der Waals surface area contributed by atoms with Crippen LogP contribution in [-0.2, 0) is 0 Å². The molecule has 0 saturated heterocycles. The Morgan fingerprint density at radius 3 is 1.62 bits per heavy atom. The quantitative estimate of drug-likeness (QED) is 0.165. The predicted molar refractivity (Wildman–Crippen MR) is 152 cm³/mol. The van der Waals surface area contributed by atoms with Crippen LogP contribution in [0.5, 0.6) is 0 Å². The summed E-state index contributed by atoms with van der Waals surface area (Å²) in [5, 5.41) is 0. The summed E-state index contributed by atoms with van der Waals surface area (Å²) in [7, 11) is 0. The van der Waals surface area contributed by atoms with Gasteiger partial charge in [-0.25, -0.2) is 0 Å². The van der Waals surface area contributed by atoms with E-state index in [1.807, 2.05) is 0 Å². The third-order valence-electron chi connectivity index (χ3n) is 10.2. The topological polar surface area (TPSA) is 0 Å². The standard InChI is InChI=1S/C34H60/c1-3-5-6-7-8-9-10-11-14-31-21-25-33(26-22-31)34-27-23-32(24-28-34)16-13-12-15-30-19-17-29(4-2)18-20-30/h4,12,15,29-34H,2-3,5-11,13-14,16-28H2,1H3/t29-,30-,31-,32-,33-,34-. The van der Waals surface area contributed by atoms with E-state index in [0.717, 1.165) is 35.5 Å². The summed E-state index contributed by atoms with van der Waals surface area (Å²) >= 11 is 0. The van der Waals surface area contributed by atoms with Gasteiger partial charge in [0.15, 0.2) is 0 Å². The van der Waals surface area contributed by atoms with Gasteiger partial charge in [0.05, 0.1) is 0 Å². The lowest BCUT2D eigenvalue weighted by Crippen LogP contribution is -2.25. The molecular weight excluding hydrogens is 408 g/mol. The summed E-state index contributed by atoms with van der Waals surface area (Å²) in [6.07, 6.45) is 41.3. The lowest BCUT2D eigenvalue weighted by molar-refractivity contribution is 0.140. The van der Waals surface area contributed by atoms with Crippen molar-refractivity contribution in [2.45, 2.75) is 155 Å². The minimum atomic E-state index is 0.796.